The first-order valence-electron chi connectivity index (χ1n) is 14.1. The predicted molar refractivity (Wildman–Crippen MR) is 160 cm³/mol. The topological polar surface area (TPSA) is 145 Å². The number of nitrogens with two attached hydrogens (primary N) is 1. The molecule has 0 aliphatic heterocycles. The van der Waals surface area contributed by atoms with Crippen LogP contribution in [0, 0.1) is 0 Å². The van der Waals surface area contributed by atoms with Crippen LogP contribution in [0.3, 0.4) is 0 Å². The van der Waals surface area contributed by atoms with E-state index < -0.39 is 33.5 Å². The van der Waals surface area contributed by atoms with Crippen molar-refractivity contribution in [2.75, 3.05) is 12.9 Å². The molecular formula is C32H38N2O7S. The standard InChI is InChI=1S/C32H38N2O7S/c1-22(32(37,21-40-31(33)36)26-11-5-3-6-12-26)23-16-17-29(25(18-23)20-30(35)34-42(2,38)39)24-10-9-15-28(19-24)41-27-13-7-4-8-14-27/h3,5-6,9-12,15-19,22,27,37H,4,7-8,13-14,20-21H2,1-2H3,(H2,33,36)(H,34,35)/t22?,32-/m1/s1. The Balaban J connectivity index is 1.73. The van der Waals surface area contributed by atoms with Crippen molar-refractivity contribution in [3.63, 3.8) is 0 Å². The summed E-state index contributed by atoms with van der Waals surface area (Å²) < 4.78 is 36.9. The van der Waals surface area contributed by atoms with Gasteiger partial charge in [-0.1, -0.05) is 74.0 Å². The minimum atomic E-state index is -3.77. The van der Waals surface area contributed by atoms with E-state index in [1.807, 2.05) is 47.2 Å². The van der Waals surface area contributed by atoms with E-state index in [0.717, 1.165) is 48.8 Å². The Kier molecular flexibility index (Phi) is 9.90. The lowest BCUT2D eigenvalue weighted by molar-refractivity contribution is -0.118. The molecule has 1 fully saturated rings. The summed E-state index contributed by atoms with van der Waals surface area (Å²) in [7, 11) is -3.77. The van der Waals surface area contributed by atoms with Crippen molar-refractivity contribution in [1.82, 2.24) is 4.72 Å². The second kappa shape index (κ2) is 13.4. The molecule has 9 nitrogen and oxygen atoms in total. The van der Waals surface area contributed by atoms with Gasteiger partial charge in [-0.05, 0) is 65.6 Å². The summed E-state index contributed by atoms with van der Waals surface area (Å²) in [5.74, 6) is -0.579. The van der Waals surface area contributed by atoms with Crippen molar-refractivity contribution in [1.29, 1.82) is 0 Å². The van der Waals surface area contributed by atoms with Crippen molar-refractivity contribution in [3.8, 4) is 16.9 Å². The Labute approximate surface area is 247 Å². The zero-order valence-corrected chi connectivity index (χ0v) is 24.7. The number of hydrogen-bond donors (Lipinski definition) is 3. The highest BCUT2D eigenvalue weighted by Gasteiger charge is 2.38. The maximum absolute atomic E-state index is 12.8. The van der Waals surface area contributed by atoms with E-state index in [0.29, 0.717) is 16.7 Å². The fourth-order valence-electron chi connectivity index (χ4n) is 5.48. The minimum Gasteiger partial charge on any atom is -0.490 e. The van der Waals surface area contributed by atoms with Crippen molar-refractivity contribution >= 4 is 22.0 Å². The first kappa shape index (κ1) is 31.1. The number of ether oxygens (including phenoxy) is 2. The first-order chi connectivity index (χ1) is 19.9. The summed E-state index contributed by atoms with van der Waals surface area (Å²) in [5, 5.41) is 11.8. The molecule has 2 amide bonds. The van der Waals surface area contributed by atoms with Crippen LogP contribution in [-0.2, 0) is 31.6 Å². The monoisotopic (exact) mass is 594 g/mol. The number of sulfonamides is 1. The fraction of sp³-hybridized carbons (Fsp3) is 0.375. The molecule has 2 atom stereocenters. The number of primary amides is 1. The molecule has 4 rings (SSSR count). The van der Waals surface area contributed by atoms with Crippen LogP contribution < -0.4 is 15.2 Å². The molecule has 0 radical (unpaired) electrons. The normalized spacial score (nSPS) is 16.2. The number of rotatable bonds is 11. The summed E-state index contributed by atoms with van der Waals surface area (Å²) in [6, 6.07) is 21.9. The van der Waals surface area contributed by atoms with Gasteiger partial charge in [-0.25, -0.2) is 13.2 Å². The van der Waals surface area contributed by atoms with Gasteiger partial charge in [-0.3, -0.25) is 9.52 Å². The van der Waals surface area contributed by atoms with Gasteiger partial charge < -0.3 is 20.3 Å². The quantitative estimate of drug-likeness (QED) is 0.290. The zero-order chi connectivity index (χ0) is 30.3. The number of carbonyl (C=O) groups is 2. The van der Waals surface area contributed by atoms with Crippen molar-refractivity contribution in [2.45, 2.75) is 63.1 Å². The Bertz CT molecular complexity index is 1500. The Morgan fingerprint density at radius 2 is 1.74 bits per heavy atom. The lowest BCUT2D eigenvalue weighted by Crippen LogP contribution is -2.39. The summed E-state index contributed by atoms with van der Waals surface area (Å²) in [5.41, 5.74) is 6.84. The van der Waals surface area contributed by atoms with E-state index in [9.17, 15) is 23.1 Å². The van der Waals surface area contributed by atoms with E-state index in [-0.39, 0.29) is 19.1 Å². The van der Waals surface area contributed by atoms with E-state index in [4.69, 9.17) is 15.2 Å². The second-order valence-corrected chi connectivity index (χ2v) is 12.7. The highest BCUT2D eigenvalue weighted by Crippen LogP contribution is 2.39. The van der Waals surface area contributed by atoms with Gasteiger partial charge in [-0.2, -0.15) is 0 Å². The Hall–Kier alpha value is -3.89. The zero-order valence-electron chi connectivity index (χ0n) is 23.9. The van der Waals surface area contributed by atoms with Gasteiger partial charge in [0.05, 0.1) is 18.8 Å². The molecule has 0 spiro atoms. The third-order valence-electron chi connectivity index (χ3n) is 7.70. The van der Waals surface area contributed by atoms with Crippen LogP contribution in [0.25, 0.3) is 11.1 Å². The summed E-state index contributed by atoms with van der Waals surface area (Å²) >= 11 is 0. The maximum atomic E-state index is 12.8. The molecule has 1 unspecified atom stereocenters. The average molecular weight is 595 g/mol. The molecule has 10 heteroatoms. The third-order valence-corrected chi connectivity index (χ3v) is 8.30. The number of hydrogen-bond acceptors (Lipinski definition) is 7. The van der Waals surface area contributed by atoms with E-state index in [1.165, 1.54) is 6.42 Å². The van der Waals surface area contributed by atoms with Crippen molar-refractivity contribution < 1.29 is 32.6 Å². The summed E-state index contributed by atoms with van der Waals surface area (Å²) in [4.78, 5) is 24.2. The third kappa shape index (κ3) is 8.10. The van der Waals surface area contributed by atoms with Gasteiger partial charge in [-0.15, -0.1) is 0 Å². The van der Waals surface area contributed by atoms with Gasteiger partial charge >= 0.3 is 6.09 Å². The molecule has 0 heterocycles. The Morgan fingerprint density at radius 3 is 2.40 bits per heavy atom. The molecule has 1 aliphatic rings. The second-order valence-electron chi connectivity index (χ2n) is 10.9. The van der Waals surface area contributed by atoms with Crippen LogP contribution in [0.4, 0.5) is 4.79 Å². The molecular weight excluding hydrogens is 556 g/mol. The van der Waals surface area contributed by atoms with Gasteiger partial charge in [0.15, 0.2) is 0 Å². The molecule has 0 aromatic heterocycles. The molecule has 3 aromatic carbocycles. The van der Waals surface area contributed by atoms with Crippen LogP contribution in [0.1, 0.15) is 61.6 Å². The van der Waals surface area contributed by atoms with Crippen LogP contribution in [-0.4, -0.2) is 44.5 Å². The number of nitrogens with one attached hydrogen (secondary N) is 1. The van der Waals surface area contributed by atoms with Gasteiger partial charge in [0.1, 0.15) is 18.0 Å². The van der Waals surface area contributed by atoms with Gasteiger partial charge in [0, 0.05) is 5.92 Å². The lowest BCUT2D eigenvalue weighted by Gasteiger charge is -2.34. The molecule has 4 N–H and O–H groups in total. The molecule has 3 aromatic rings. The number of carbonyl (C=O) groups excluding carboxylic acids is 2. The van der Waals surface area contributed by atoms with Crippen molar-refractivity contribution in [2.24, 2.45) is 5.73 Å². The summed E-state index contributed by atoms with van der Waals surface area (Å²) in [6.07, 6.45) is 5.38. The molecule has 0 saturated heterocycles. The molecule has 1 aliphatic carbocycles. The van der Waals surface area contributed by atoms with Crippen LogP contribution in [0.15, 0.2) is 72.8 Å². The van der Waals surface area contributed by atoms with Gasteiger partial charge in [0.25, 0.3) is 0 Å². The van der Waals surface area contributed by atoms with E-state index >= 15 is 0 Å². The van der Waals surface area contributed by atoms with Crippen molar-refractivity contribution in [3.05, 3.63) is 89.5 Å². The van der Waals surface area contributed by atoms with Crippen LogP contribution in [0.5, 0.6) is 5.75 Å². The smallest absolute Gasteiger partial charge is 0.404 e. The molecule has 224 valence electrons. The highest BCUT2D eigenvalue weighted by atomic mass is 32.2. The SMILES string of the molecule is CC(c1ccc(-c2cccc(OC3CCCCC3)c2)c(CC(=O)NS(C)(=O)=O)c1)[C@](O)(COC(N)=O)c1ccccc1. The van der Waals surface area contributed by atoms with Gasteiger partial charge in [0.2, 0.25) is 15.9 Å². The lowest BCUT2D eigenvalue weighted by atomic mass is 9.78. The fourth-order valence-corrected chi connectivity index (χ4v) is 5.97. The molecule has 1 saturated carbocycles. The Morgan fingerprint density at radius 1 is 1.02 bits per heavy atom. The molecule has 0 bridgehead atoms. The summed E-state index contributed by atoms with van der Waals surface area (Å²) in [6.45, 7) is 1.39. The highest BCUT2D eigenvalue weighted by molar-refractivity contribution is 7.89. The maximum Gasteiger partial charge on any atom is 0.404 e. The minimum absolute atomic E-state index is 0.163. The van der Waals surface area contributed by atoms with Crippen LogP contribution >= 0.6 is 0 Å². The van der Waals surface area contributed by atoms with E-state index in [2.05, 4.69) is 0 Å². The predicted octanol–water partition coefficient (Wildman–Crippen LogP) is 4.77. The average Bonchev–Trinajstić information content (AvgIpc) is 2.95. The molecule has 42 heavy (non-hydrogen) atoms. The van der Waals surface area contributed by atoms with E-state index in [1.54, 1.807) is 37.3 Å². The number of benzene rings is 3. The first-order valence-corrected chi connectivity index (χ1v) is 15.9. The largest absolute Gasteiger partial charge is 0.490 e. The number of aliphatic hydroxyl groups is 1. The van der Waals surface area contributed by atoms with Crippen LogP contribution in [0.2, 0.25) is 0 Å². The number of amides is 2.